The summed E-state index contributed by atoms with van der Waals surface area (Å²) < 4.78 is 5.58. The van der Waals surface area contributed by atoms with Gasteiger partial charge in [0.15, 0.2) is 6.29 Å². The zero-order valence-corrected chi connectivity index (χ0v) is 7.61. The van der Waals surface area contributed by atoms with Crippen LogP contribution in [0.15, 0.2) is 0 Å². The smallest absolute Gasteiger partial charge is 0.192 e. The minimum Gasteiger partial charge on any atom is -0.344 e. The van der Waals surface area contributed by atoms with E-state index in [9.17, 15) is 0 Å². The molecule has 0 amide bonds. The Morgan fingerprint density at radius 3 is 2.54 bits per heavy atom. The average Bonchev–Trinajstić information content (AvgIpc) is 2.86. The molecule has 76 valence electrons. The molecule has 1 saturated heterocycles. The molecule has 13 heavy (non-hydrogen) atoms. The van der Waals surface area contributed by atoms with E-state index in [4.69, 9.17) is 22.1 Å². The zero-order valence-electron chi connectivity index (χ0n) is 7.61. The van der Waals surface area contributed by atoms with Gasteiger partial charge < -0.3 is 16.2 Å². The summed E-state index contributed by atoms with van der Waals surface area (Å²) in [5.41, 5.74) is 11.6. The second kappa shape index (κ2) is 3.18. The van der Waals surface area contributed by atoms with E-state index in [1.807, 2.05) is 0 Å². The van der Waals surface area contributed by atoms with Crippen molar-refractivity contribution in [3.05, 3.63) is 0 Å². The second-order valence-electron chi connectivity index (χ2n) is 4.10. The number of rotatable bonds is 2. The summed E-state index contributed by atoms with van der Waals surface area (Å²) in [7, 11) is 0. The van der Waals surface area contributed by atoms with Gasteiger partial charge in [0.25, 0.3) is 0 Å². The summed E-state index contributed by atoms with van der Waals surface area (Å²) in [6.07, 6.45) is 3.43. The van der Waals surface area contributed by atoms with Crippen LogP contribution in [0.2, 0.25) is 0 Å². The van der Waals surface area contributed by atoms with E-state index in [1.54, 1.807) is 0 Å². The molecule has 2 aliphatic rings. The summed E-state index contributed by atoms with van der Waals surface area (Å²) in [5.74, 6) is 5.07. The first-order chi connectivity index (χ1) is 6.15. The zero-order chi connectivity index (χ0) is 9.47. The molecule has 2 unspecified atom stereocenters. The minimum atomic E-state index is -0.486. The lowest BCUT2D eigenvalue weighted by atomic mass is 9.98. The Hall–Kier alpha value is -0.200. The maximum absolute atomic E-state index is 6.02. The van der Waals surface area contributed by atoms with Gasteiger partial charge in [-0.3, -0.25) is 4.84 Å². The lowest BCUT2D eigenvalue weighted by Gasteiger charge is -2.35. The molecule has 1 saturated carbocycles. The van der Waals surface area contributed by atoms with Crippen molar-refractivity contribution in [3.8, 4) is 0 Å². The van der Waals surface area contributed by atoms with Gasteiger partial charge in [-0.25, -0.2) is 5.90 Å². The van der Waals surface area contributed by atoms with Crippen molar-refractivity contribution in [2.45, 2.75) is 49.7 Å². The van der Waals surface area contributed by atoms with Gasteiger partial charge in [-0.1, -0.05) is 0 Å². The number of hydrogen-bond donors (Lipinski definition) is 3. The third-order valence-electron chi connectivity index (χ3n) is 3.01. The SMILES string of the molecule is NO[C@H]1OC(C2(N)CC2)CCC1N. The maximum atomic E-state index is 6.02. The van der Waals surface area contributed by atoms with Gasteiger partial charge in [0.2, 0.25) is 0 Å². The lowest BCUT2D eigenvalue weighted by Crippen LogP contribution is -2.52. The highest BCUT2D eigenvalue weighted by atomic mass is 16.8. The fraction of sp³-hybridized carbons (Fsp3) is 1.00. The van der Waals surface area contributed by atoms with Crippen molar-refractivity contribution in [2.75, 3.05) is 0 Å². The van der Waals surface area contributed by atoms with Gasteiger partial charge in [0, 0.05) is 5.54 Å². The van der Waals surface area contributed by atoms with Crippen molar-refractivity contribution in [1.82, 2.24) is 0 Å². The van der Waals surface area contributed by atoms with Crippen LogP contribution in [-0.2, 0) is 9.57 Å². The molecule has 1 aliphatic carbocycles. The van der Waals surface area contributed by atoms with Crippen molar-refractivity contribution in [2.24, 2.45) is 17.4 Å². The molecule has 1 heterocycles. The first kappa shape index (κ1) is 9.36. The molecule has 0 bridgehead atoms. The van der Waals surface area contributed by atoms with E-state index in [0.717, 1.165) is 25.7 Å². The molecule has 2 rings (SSSR count). The Morgan fingerprint density at radius 1 is 1.31 bits per heavy atom. The Bertz CT molecular complexity index is 196. The third kappa shape index (κ3) is 1.70. The summed E-state index contributed by atoms with van der Waals surface area (Å²) in [6.45, 7) is 0. The van der Waals surface area contributed by atoms with E-state index >= 15 is 0 Å². The first-order valence-corrected chi connectivity index (χ1v) is 4.71. The van der Waals surface area contributed by atoms with Crippen LogP contribution in [0.25, 0.3) is 0 Å². The Balaban J connectivity index is 1.94. The normalized spacial score (nSPS) is 43.2. The molecule has 6 N–H and O–H groups in total. The van der Waals surface area contributed by atoms with Crippen LogP contribution in [0, 0.1) is 0 Å². The van der Waals surface area contributed by atoms with E-state index in [1.165, 1.54) is 0 Å². The van der Waals surface area contributed by atoms with Crippen molar-refractivity contribution in [1.29, 1.82) is 0 Å². The van der Waals surface area contributed by atoms with Crippen LogP contribution in [0.3, 0.4) is 0 Å². The molecule has 0 spiro atoms. The minimum absolute atomic E-state index is 0.0702. The molecular formula is C8H17N3O2. The predicted molar refractivity (Wildman–Crippen MR) is 47.3 cm³/mol. The topological polar surface area (TPSA) is 96.5 Å². The quantitative estimate of drug-likeness (QED) is 0.492. The first-order valence-electron chi connectivity index (χ1n) is 4.71. The molecule has 0 aromatic heterocycles. The Labute approximate surface area is 77.5 Å². The highest BCUT2D eigenvalue weighted by Crippen LogP contribution is 2.41. The number of nitrogens with two attached hydrogens (primary N) is 3. The van der Waals surface area contributed by atoms with Crippen LogP contribution >= 0.6 is 0 Å². The van der Waals surface area contributed by atoms with E-state index in [0.29, 0.717) is 0 Å². The van der Waals surface area contributed by atoms with Gasteiger partial charge in [-0.15, -0.1) is 0 Å². The van der Waals surface area contributed by atoms with E-state index in [-0.39, 0.29) is 17.7 Å². The van der Waals surface area contributed by atoms with Crippen LogP contribution in [-0.4, -0.2) is 24.0 Å². The molecular weight excluding hydrogens is 170 g/mol. The van der Waals surface area contributed by atoms with Crippen LogP contribution in [0.5, 0.6) is 0 Å². The van der Waals surface area contributed by atoms with Crippen LogP contribution < -0.4 is 17.4 Å². The fourth-order valence-electron chi connectivity index (χ4n) is 1.83. The standard InChI is InChI=1S/C8H17N3O2/c9-5-1-2-6(8(10)3-4-8)12-7(5)13-11/h5-7H,1-4,9-11H2/t5?,6?,7-/m1/s1. The molecule has 0 radical (unpaired) electrons. The lowest BCUT2D eigenvalue weighted by molar-refractivity contribution is -0.211. The van der Waals surface area contributed by atoms with Gasteiger partial charge in [-0.05, 0) is 25.7 Å². The maximum Gasteiger partial charge on any atom is 0.192 e. The molecule has 0 aromatic carbocycles. The van der Waals surface area contributed by atoms with Crippen molar-refractivity contribution >= 4 is 0 Å². The van der Waals surface area contributed by atoms with E-state index < -0.39 is 6.29 Å². The Morgan fingerprint density at radius 2 is 2.00 bits per heavy atom. The van der Waals surface area contributed by atoms with Crippen molar-refractivity contribution < 1.29 is 9.57 Å². The summed E-state index contributed by atoms with van der Waals surface area (Å²) in [6, 6.07) is -0.122. The van der Waals surface area contributed by atoms with Gasteiger partial charge >= 0.3 is 0 Å². The predicted octanol–water partition coefficient (Wildman–Crippen LogP) is -0.800. The third-order valence-corrected chi connectivity index (χ3v) is 3.01. The fourth-order valence-corrected chi connectivity index (χ4v) is 1.83. The number of ether oxygens (including phenoxy) is 1. The van der Waals surface area contributed by atoms with Gasteiger partial charge in [0.05, 0.1) is 12.1 Å². The molecule has 5 nitrogen and oxygen atoms in total. The van der Waals surface area contributed by atoms with E-state index in [2.05, 4.69) is 4.84 Å². The molecule has 0 aromatic rings. The largest absolute Gasteiger partial charge is 0.344 e. The Kier molecular flexibility index (Phi) is 2.29. The highest BCUT2D eigenvalue weighted by Gasteiger charge is 2.49. The summed E-state index contributed by atoms with van der Waals surface area (Å²) in [4.78, 5) is 4.65. The average molecular weight is 187 g/mol. The highest BCUT2D eigenvalue weighted by molar-refractivity contribution is 5.06. The number of hydrogen-bond acceptors (Lipinski definition) is 5. The molecule has 2 fully saturated rings. The van der Waals surface area contributed by atoms with Crippen molar-refractivity contribution in [3.63, 3.8) is 0 Å². The van der Waals surface area contributed by atoms with Gasteiger partial charge in [0.1, 0.15) is 0 Å². The molecule has 3 atom stereocenters. The molecule has 5 heteroatoms. The van der Waals surface area contributed by atoms with Gasteiger partial charge in [-0.2, -0.15) is 0 Å². The monoisotopic (exact) mass is 187 g/mol. The van der Waals surface area contributed by atoms with Crippen LogP contribution in [0.1, 0.15) is 25.7 Å². The summed E-state index contributed by atoms with van der Waals surface area (Å²) in [5, 5.41) is 0. The summed E-state index contributed by atoms with van der Waals surface area (Å²) >= 11 is 0. The molecule has 1 aliphatic heterocycles. The van der Waals surface area contributed by atoms with Crippen LogP contribution in [0.4, 0.5) is 0 Å². The second-order valence-corrected chi connectivity index (χ2v) is 4.10.